The molecule has 0 aromatic heterocycles. The Morgan fingerprint density at radius 1 is 1.12 bits per heavy atom. The van der Waals surface area contributed by atoms with Crippen molar-refractivity contribution in [3.05, 3.63) is 58.6 Å². The molecule has 4 rings (SSSR count). The highest BCUT2D eigenvalue weighted by atomic mass is 79.9. The Morgan fingerprint density at radius 2 is 1.77 bits per heavy atom. The van der Waals surface area contributed by atoms with Gasteiger partial charge in [0.2, 0.25) is 16.7 Å². The van der Waals surface area contributed by atoms with Gasteiger partial charge in [0.25, 0.3) is 5.91 Å². The number of para-hydroxylation sites is 1. The molecule has 1 fully saturated rings. The number of halogens is 1. The number of imide groups is 1. The van der Waals surface area contributed by atoms with E-state index in [9.17, 15) is 14.4 Å². The highest BCUT2D eigenvalue weighted by Crippen LogP contribution is 2.57. The summed E-state index contributed by atoms with van der Waals surface area (Å²) in [6.45, 7) is 3.16. The fourth-order valence-corrected chi connectivity index (χ4v) is 5.34. The Labute approximate surface area is 163 Å². The van der Waals surface area contributed by atoms with Crippen LogP contribution in [0.4, 0.5) is 11.4 Å². The lowest BCUT2D eigenvalue weighted by Crippen LogP contribution is -2.50. The summed E-state index contributed by atoms with van der Waals surface area (Å²) in [5.41, 5.74) is 1.84. The molecule has 0 saturated carbocycles. The zero-order valence-electron chi connectivity index (χ0n) is 14.1. The Balaban J connectivity index is 1.98. The van der Waals surface area contributed by atoms with Gasteiger partial charge >= 0.3 is 0 Å². The second-order valence-electron chi connectivity index (χ2n) is 6.23. The lowest BCUT2D eigenvalue weighted by atomic mass is 10.0. The topological polar surface area (TPSA) is 57.7 Å². The number of amides is 3. The average molecular weight is 431 g/mol. The molecule has 2 aromatic rings. The zero-order valence-corrected chi connectivity index (χ0v) is 16.5. The van der Waals surface area contributed by atoms with E-state index in [1.165, 1.54) is 23.6 Å². The molecule has 7 heteroatoms. The number of fused-ring (bicyclic) bond motifs is 2. The zero-order chi connectivity index (χ0) is 18.6. The van der Waals surface area contributed by atoms with Gasteiger partial charge < -0.3 is 0 Å². The van der Waals surface area contributed by atoms with Gasteiger partial charge in [0.1, 0.15) is 0 Å². The molecule has 1 saturated heterocycles. The first kappa shape index (κ1) is 17.3. The van der Waals surface area contributed by atoms with Crippen molar-refractivity contribution in [1.82, 2.24) is 0 Å². The molecule has 26 heavy (non-hydrogen) atoms. The highest BCUT2D eigenvalue weighted by Gasteiger charge is 2.63. The van der Waals surface area contributed by atoms with Gasteiger partial charge in [0.05, 0.1) is 10.9 Å². The van der Waals surface area contributed by atoms with Gasteiger partial charge in [0, 0.05) is 22.6 Å². The van der Waals surface area contributed by atoms with Crippen LogP contribution in [0.2, 0.25) is 0 Å². The second-order valence-corrected chi connectivity index (χ2v) is 8.68. The molecule has 5 nitrogen and oxygen atoms in total. The van der Waals surface area contributed by atoms with Crippen LogP contribution in [0, 0.1) is 0 Å². The third-order valence-corrected chi connectivity index (χ3v) is 6.64. The number of thioether (sulfide) groups is 1. The van der Waals surface area contributed by atoms with Gasteiger partial charge in [-0.3, -0.25) is 19.3 Å². The first-order chi connectivity index (χ1) is 12.4. The Hall–Kier alpha value is -2.12. The summed E-state index contributed by atoms with van der Waals surface area (Å²) >= 11 is 4.68. The van der Waals surface area contributed by atoms with Crippen molar-refractivity contribution < 1.29 is 14.4 Å². The normalized spacial score (nSPS) is 24.5. The number of benzene rings is 2. The van der Waals surface area contributed by atoms with Crippen molar-refractivity contribution >= 4 is 56.8 Å². The number of hydrogen-bond acceptors (Lipinski definition) is 4. The molecular formula is C19H15BrN2O3S. The standard InChI is InChI=1S/C19H15BrN2O3S/c1-11-17(24)22(14-9-7-13(20)8-10-14)19(26-11)15-5-3-4-6-16(15)21(12(2)23)18(19)25/h3-11H,1-2H3. The third kappa shape index (κ3) is 2.20. The lowest BCUT2D eigenvalue weighted by Gasteiger charge is -2.32. The minimum absolute atomic E-state index is 0.147. The molecule has 3 amide bonds. The van der Waals surface area contributed by atoms with Crippen molar-refractivity contribution in [1.29, 1.82) is 0 Å². The van der Waals surface area contributed by atoms with Crippen LogP contribution in [0.25, 0.3) is 0 Å². The Bertz CT molecular complexity index is 946. The van der Waals surface area contributed by atoms with Crippen molar-refractivity contribution in [2.45, 2.75) is 24.0 Å². The second kappa shape index (κ2) is 5.96. The maximum atomic E-state index is 13.5. The predicted octanol–water partition coefficient (Wildman–Crippen LogP) is 3.66. The number of carbonyl (C=O) groups is 3. The van der Waals surface area contributed by atoms with Crippen LogP contribution in [0.15, 0.2) is 53.0 Å². The SMILES string of the molecule is CC(=O)N1C(=O)C2(SC(C)C(=O)N2c2ccc(Br)cc2)c2ccccc21. The summed E-state index contributed by atoms with van der Waals surface area (Å²) in [5, 5.41) is -0.400. The van der Waals surface area contributed by atoms with E-state index in [4.69, 9.17) is 0 Å². The summed E-state index contributed by atoms with van der Waals surface area (Å²) < 4.78 is 0.881. The molecule has 0 aliphatic carbocycles. The van der Waals surface area contributed by atoms with Crippen molar-refractivity contribution in [2.24, 2.45) is 0 Å². The number of carbonyl (C=O) groups excluding carboxylic acids is 3. The fourth-order valence-electron chi connectivity index (χ4n) is 3.57. The summed E-state index contributed by atoms with van der Waals surface area (Å²) in [6, 6.07) is 14.4. The lowest BCUT2D eigenvalue weighted by molar-refractivity contribution is -0.128. The number of rotatable bonds is 1. The quantitative estimate of drug-likeness (QED) is 0.692. The van der Waals surface area contributed by atoms with Gasteiger partial charge in [-0.1, -0.05) is 34.1 Å². The van der Waals surface area contributed by atoms with Crippen LogP contribution in [-0.4, -0.2) is 23.0 Å². The molecule has 1 spiro atoms. The Morgan fingerprint density at radius 3 is 2.42 bits per heavy atom. The molecule has 2 aliphatic rings. The molecule has 2 heterocycles. The highest BCUT2D eigenvalue weighted by molar-refractivity contribution is 9.10. The summed E-state index contributed by atoms with van der Waals surface area (Å²) in [6.07, 6.45) is 0. The largest absolute Gasteiger partial charge is 0.283 e. The average Bonchev–Trinajstić information content (AvgIpc) is 3.02. The van der Waals surface area contributed by atoms with Crippen LogP contribution in [0.5, 0.6) is 0 Å². The molecular weight excluding hydrogens is 416 g/mol. The van der Waals surface area contributed by atoms with Crippen LogP contribution < -0.4 is 9.80 Å². The summed E-state index contributed by atoms with van der Waals surface area (Å²) in [5.74, 6) is -0.898. The minimum atomic E-state index is -1.26. The third-order valence-electron chi connectivity index (χ3n) is 4.63. The van der Waals surface area contributed by atoms with Crippen molar-refractivity contribution in [3.8, 4) is 0 Å². The molecule has 0 radical (unpaired) electrons. The molecule has 2 aliphatic heterocycles. The molecule has 2 atom stereocenters. The van der Waals surface area contributed by atoms with Gasteiger partial charge in [-0.15, -0.1) is 11.8 Å². The van der Waals surface area contributed by atoms with Gasteiger partial charge in [0.15, 0.2) is 0 Å². The fraction of sp³-hybridized carbons (Fsp3) is 0.211. The van der Waals surface area contributed by atoms with E-state index in [0.717, 1.165) is 4.47 Å². The number of hydrogen-bond donors (Lipinski definition) is 0. The summed E-state index contributed by atoms with van der Waals surface area (Å²) in [4.78, 5) is 40.1. The van der Waals surface area contributed by atoms with E-state index in [0.29, 0.717) is 16.9 Å². The molecule has 2 aromatic carbocycles. The maximum absolute atomic E-state index is 13.5. The smallest absolute Gasteiger partial charge is 0.275 e. The molecule has 132 valence electrons. The van der Waals surface area contributed by atoms with Crippen molar-refractivity contribution in [3.63, 3.8) is 0 Å². The monoisotopic (exact) mass is 430 g/mol. The van der Waals surface area contributed by atoms with Crippen LogP contribution in [0.1, 0.15) is 19.4 Å². The number of nitrogens with zero attached hydrogens (tertiary/aromatic N) is 2. The molecule has 0 N–H and O–H groups in total. The minimum Gasteiger partial charge on any atom is -0.283 e. The maximum Gasteiger partial charge on any atom is 0.275 e. The van der Waals surface area contributed by atoms with Crippen molar-refractivity contribution in [2.75, 3.05) is 9.80 Å². The predicted molar refractivity (Wildman–Crippen MR) is 105 cm³/mol. The van der Waals surface area contributed by atoms with E-state index < -0.39 is 16.0 Å². The summed E-state index contributed by atoms with van der Waals surface area (Å²) in [7, 11) is 0. The molecule has 2 unspecified atom stereocenters. The van der Waals surface area contributed by atoms with Gasteiger partial charge in [-0.2, -0.15) is 0 Å². The van der Waals surface area contributed by atoms with Crippen LogP contribution >= 0.6 is 27.7 Å². The first-order valence-electron chi connectivity index (χ1n) is 8.10. The van der Waals surface area contributed by atoms with Crippen LogP contribution in [-0.2, 0) is 19.3 Å². The number of anilines is 2. The van der Waals surface area contributed by atoms with Crippen LogP contribution in [0.3, 0.4) is 0 Å². The van der Waals surface area contributed by atoms with E-state index in [1.807, 2.05) is 24.3 Å². The van der Waals surface area contributed by atoms with E-state index in [1.54, 1.807) is 36.1 Å². The van der Waals surface area contributed by atoms with E-state index in [-0.39, 0.29) is 11.8 Å². The van der Waals surface area contributed by atoms with E-state index in [2.05, 4.69) is 15.9 Å². The Kier molecular flexibility index (Phi) is 3.96. The van der Waals surface area contributed by atoms with Gasteiger partial charge in [-0.05, 0) is 37.3 Å². The first-order valence-corrected chi connectivity index (χ1v) is 9.77. The van der Waals surface area contributed by atoms with Gasteiger partial charge in [-0.25, -0.2) is 4.90 Å². The van der Waals surface area contributed by atoms with E-state index >= 15 is 0 Å². The molecule has 0 bridgehead atoms.